The maximum Gasteiger partial charge on any atom is 0.247 e. The van der Waals surface area contributed by atoms with Crippen LogP contribution in [-0.4, -0.2) is 79.4 Å². The van der Waals surface area contributed by atoms with E-state index >= 15 is 0 Å². The number of nitrogens with zero attached hydrogens (tertiary/aromatic N) is 5. The van der Waals surface area contributed by atoms with Gasteiger partial charge in [-0.3, -0.25) is 0 Å². The second-order valence-electron chi connectivity index (χ2n) is 7.30. The summed E-state index contributed by atoms with van der Waals surface area (Å²) in [5, 5.41) is 8.44. The van der Waals surface area contributed by atoms with Crippen molar-refractivity contribution < 1.29 is 18.9 Å². The van der Waals surface area contributed by atoms with Crippen LogP contribution in [0.5, 0.6) is 0 Å². The Hall–Kier alpha value is -1.55. The van der Waals surface area contributed by atoms with Gasteiger partial charge in [0.15, 0.2) is 17.4 Å². The van der Waals surface area contributed by atoms with Crippen LogP contribution in [0.2, 0.25) is 0 Å². The SMILES string of the molecule is c1nnc(N2CCC3(CC2)OCCO3)nc1N1CCC2(CC1)OCCO2. The second kappa shape index (κ2) is 6.56. The first-order chi connectivity index (χ1) is 12.8. The minimum absolute atomic E-state index is 0.373. The van der Waals surface area contributed by atoms with Crippen molar-refractivity contribution in [3.05, 3.63) is 6.20 Å². The molecule has 0 amide bonds. The highest BCUT2D eigenvalue weighted by Crippen LogP contribution is 2.34. The number of aromatic nitrogens is 3. The van der Waals surface area contributed by atoms with E-state index in [1.165, 1.54) is 0 Å². The molecule has 0 aliphatic carbocycles. The molecule has 0 atom stereocenters. The van der Waals surface area contributed by atoms with Crippen LogP contribution < -0.4 is 9.80 Å². The number of anilines is 2. The minimum atomic E-state index is -0.385. The van der Waals surface area contributed by atoms with E-state index in [1.807, 2.05) is 0 Å². The maximum absolute atomic E-state index is 5.80. The van der Waals surface area contributed by atoms with Crippen molar-refractivity contribution in [1.82, 2.24) is 15.2 Å². The first-order valence-corrected chi connectivity index (χ1v) is 9.52. The molecule has 4 saturated heterocycles. The normalized spacial score (nSPS) is 27.5. The van der Waals surface area contributed by atoms with Crippen LogP contribution in [-0.2, 0) is 18.9 Å². The Balaban J connectivity index is 1.23. The molecule has 0 saturated carbocycles. The third kappa shape index (κ3) is 3.02. The van der Waals surface area contributed by atoms with Gasteiger partial charge >= 0.3 is 0 Å². The van der Waals surface area contributed by atoms with Crippen molar-refractivity contribution in [3.63, 3.8) is 0 Å². The summed E-state index contributed by atoms with van der Waals surface area (Å²) in [5.41, 5.74) is 0. The van der Waals surface area contributed by atoms with Crippen molar-refractivity contribution in [2.24, 2.45) is 0 Å². The first-order valence-electron chi connectivity index (χ1n) is 9.52. The maximum atomic E-state index is 5.80. The van der Waals surface area contributed by atoms with Crippen molar-refractivity contribution in [3.8, 4) is 0 Å². The highest BCUT2D eigenvalue weighted by molar-refractivity contribution is 5.42. The fourth-order valence-electron chi connectivity index (χ4n) is 4.27. The van der Waals surface area contributed by atoms with Crippen molar-refractivity contribution in [2.45, 2.75) is 37.3 Å². The zero-order chi connectivity index (χ0) is 17.5. The predicted molar refractivity (Wildman–Crippen MR) is 92.0 cm³/mol. The standard InChI is InChI=1S/C17H25N5O4/c1-5-21(6-2-16(1)23-9-10-24-16)14-13-18-20-15(19-14)22-7-3-17(4-8-22)25-11-12-26-17/h13H,1-12H2. The average molecular weight is 363 g/mol. The molecule has 4 fully saturated rings. The van der Waals surface area contributed by atoms with E-state index < -0.39 is 0 Å². The molecule has 5 heterocycles. The van der Waals surface area contributed by atoms with E-state index in [-0.39, 0.29) is 11.6 Å². The molecule has 5 rings (SSSR count). The van der Waals surface area contributed by atoms with Gasteiger partial charge in [0, 0.05) is 51.9 Å². The van der Waals surface area contributed by atoms with Gasteiger partial charge in [0.1, 0.15) is 0 Å². The molecule has 4 aliphatic heterocycles. The van der Waals surface area contributed by atoms with Gasteiger partial charge in [0.25, 0.3) is 0 Å². The first kappa shape index (κ1) is 16.6. The van der Waals surface area contributed by atoms with E-state index in [4.69, 9.17) is 23.9 Å². The molecule has 4 aliphatic rings. The van der Waals surface area contributed by atoms with E-state index in [0.29, 0.717) is 32.4 Å². The van der Waals surface area contributed by atoms with Gasteiger partial charge in [0.05, 0.1) is 32.6 Å². The summed E-state index contributed by atoms with van der Waals surface area (Å²) in [6, 6.07) is 0. The topological polar surface area (TPSA) is 82.1 Å². The third-order valence-electron chi connectivity index (χ3n) is 5.82. The molecule has 9 heteroatoms. The van der Waals surface area contributed by atoms with Crippen LogP contribution >= 0.6 is 0 Å². The summed E-state index contributed by atoms with van der Waals surface area (Å²) in [6.45, 7) is 6.11. The zero-order valence-electron chi connectivity index (χ0n) is 14.9. The van der Waals surface area contributed by atoms with Gasteiger partial charge in [-0.25, -0.2) is 0 Å². The fraction of sp³-hybridized carbons (Fsp3) is 0.824. The van der Waals surface area contributed by atoms with E-state index in [0.717, 1.165) is 57.7 Å². The Morgan fingerprint density at radius 2 is 1.23 bits per heavy atom. The Kier molecular flexibility index (Phi) is 4.19. The molecule has 0 unspecified atom stereocenters. The lowest BCUT2D eigenvalue weighted by atomic mass is 10.0. The molecular formula is C17H25N5O4. The van der Waals surface area contributed by atoms with E-state index in [1.54, 1.807) is 6.20 Å². The highest BCUT2D eigenvalue weighted by Gasteiger charge is 2.41. The van der Waals surface area contributed by atoms with Crippen LogP contribution in [0.3, 0.4) is 0 Å². The van der Waals surface area contributed by atoms with Crippen LogP contribution in [0.4, 0.5) is 11.8 Å². The van der Waals surface area contributed by atoms with Crippen LogP contribution in [0.1, 0.15) is 25.7 Å². The molecule has 0 bridgehead atoms. The summed E-state index contributed by atoms with van der Waals surface area (Å²) in [7, 11) is 0. The molecule has 1 aromatic rings. The lowest BCUT2D eigenvalue weighted by Crippen LogP contribution is -2.46. The van der Waals surface area contributed by atoms with Crippen molar-refractivity contribution >= 4 is 11.8 Å². The van der Waals surface area contributed by atoms with E-state index in [9.17, 15) is 0 Å². The van der Waals surface area contributed by atoms with Crippen LogP contribution in [0.25, 0.3) is 0 Å². The zero-order valence-corrected chi connectivity index (χ0v) is 14.9. The van der Waals surface area contributed by atoms with Gasteiger partial charge in [-0.05, 0) is 0 Å². The van der Waals surface area contributed by atoms with Crippen molar-refractivity contribution in [1.29, 1.82) is 0 Å². The predicted octanol–water partition coefficient (Wildman–Crippen LogP) is 0.558. The summed E-state index contributed by atoms with van der Waals surface area (Å²) < 4.78 is 23.2. The molecule has 0 radical (unpaired) electrons. The monoisotopic (exact) mass is 363 g/mol. The number of hydrogen-bond acceptors (Lipinski definition) is 9. The molecule has 2 spiro atoms. The Morgan fingerprint density at radius 3 is 1.77 bits per heavy atom. The Labute approximate surface area is 152 Å². The molecule has 9 nitrogen and oxygen atoms in total. The van der Waals surface area contributed by atoms with Gasteiger partial charge < -0.3 is 28.7 Å². The summed E-state index contributed by atoms with van der Waals surface area (Å²) in [4.78, 5) is 9.17. The van der Waals surface area contributed by atoms with Gasteiger partial charge in [-0.15, -0.1) is 5.10 Å². The molecule has 0 aromatic carbocycles. The second-order valence-corrected chi connectivity index (χ2v) is 7.30. The minimum Gasteiger partial charge on any atom is -0.355 e. The smallest absolute Gasteiger partial charge is 0.247 e. The van der Waals surface area contributed by atoms with Gasteiger partial charge in [0.2, 0.25) is 5.95 Å². The number of hydrogen-bond donors (Lipinski definition) is 0. The summed E-state index contributed by atoms with van der Waals surface area (Å²) in [6.07, 6.45) is 5.12. The number of piperidine rings is 2. The average Bonchev–Trinajstić information content (AvgIpc) is 3.34. The third-order valence-corrected chi connectivity index (χ3v) is 5.82. The molecule has 1 aromatic heterocycles. The van der Waals surface area contributed by atoms with E-state index in [2.05, 4.69) is 20.0 Å². The lowest BCUT2D eigenvalue weighted by Gasteiger charge is -2.39. The molecule has 0 N–H and O–H groups in total. The fourth-order valence-corrected chi connectivity index (χ4v) is 4.27. The number of rotatable bonds is 2. The van der Waals surface area contributed by atoms with Crippen LogP contribution in [0.15, 0.2) is 6.20 Å². The lowest BCUT2D eigenvalue weighted by molar-refractivity contribution is -0.169. The molecule has 142 valence electrons. The van der Waals surface area contributed by atoms with Gasteiger partial charge in [-0.1, -0.05) is 0 Å². The Morgan fingerprint density at radius 1 is 0.731 bits per heavy atom. The molecular weight excluding hydrogens is 338 g/mol. The highest BCUT2D eigenvalue weighted by atomic mass is 16.7. The molecule has 26 heavy (non-hydrogen) atoms. The summed E-state index contributed by atoms with van der Waals surface area (Å²) in [5.74, 6) is 0.798. The number of ether oxygens (including phenoxy) is 4. The van der Waals surface area contributed by atoms with Gasteiger partial charge in [-0.2, -0.15) is 10.1 Å². The quantitative estimate of drug-likeness (QED) is 0.748. The largest absolute Gasteiger partial charge is 0.355 e. The van der Waals surface area contributed by atoms with Crippen molar-refractivity contribution in [2.75, 3.05) is 62.4 Å². The summed E-state index contributed by atoms with van der Waals surface area (Å²) >= 11 is 0. The Bertz CT molecular complexity index is 577. The van der Waals surface area contributed by atoms with Crippen LogP contribution in [0, 0.1) is 0 Å².